The fourth-order valence-electron chi connectivity index (χ4n) is 2.28. The SMILES string of the molecule is O=C(Nc1cc(Br)ccc1O)C1Cc2ccccc2N1. The summed E-state index contributed by atoms with van der Waals surface area (Å²) < 4.78 is 0.799. The third kappa shape index (κ3) is 2.49. The molecular formula is C15H13BrN2O2. The minimum absolute atomic E-state index is 0.0528. The molecule has 1 aliphatic rings. The van der Waals surface area contributed by atoms with Gasteiger partial charge in [-0.3, -0.25) is 4.79 Å². The number of rotatable bonds is 2. The molecule has 1 amide bonds. The molecule has 0 radical (unpaired) electrons. The summed E-state index contributed by atoms with van der Waals surface area (Å²) in [5.74, 6) is -0.105. The maximum Gasteiger partial charge on any atom is 0.247 e. The Morgan fingerprint density at radius 2 is 2.10 bits per heavy atom. The lowest BCUT2D eigenvalue weighted by Gasteiger charge is -2.13. The number of hydrogen-bond donors (Lipinski definition) is 3. The van der Waals surface area contributed by atoms with Crippen molar-refractivity contribution in [2.75, 3.05) is 10.6 Å². The summed E-state index contributed by atoms with van der Waals surface area (Å²) >= 11 is 3.31. The fourth-order valence-corrected chi connectivity index (χ4v) is 2.65. The number of nitrogens with one attached hydrogen (secondary N) is 2. The summed E-state index contributed by atoms with van der Waals surface area (Å²) in [7, 11) is 0. The minimum Gasteiger partial charge on any atom is -0.506 e. The zero-order valence-corrected chi connectivity index (χ0v) is 12.1. The molecule has 0 spiro atoms. The molecule has 102 valence electrons. The first-order valence-electron chi connectivity index (χ1n) is 6.27. The van der Waals surface area contributed by atoms with Gasteiger partial charge < -0.3 is 15.7 Å². The molecule has 0 fully saturated rings. The molecule has 2 aromatic carbocycles. The lowest BCUT2D eigenvalue weighted by atomic mass is 10.1. The monoisotopic (exact) mass is 332 g/mol. The van der Waals surface area contributed by atoms with Crippen LogP contribution in [-0.4, -0.2) is 17.1 Å². The van der Waals surface area contributed by atoms with Crippen LogP contribution in [0, 0.1) is 0 Å². The van der Waals surface area contributed by atoms with Gasteiger partial charge in [-0.15, -0.1) is 0 Å². The maximum absolute atomic E-state index is 12.2. The van der Waals surface area contributed by atoms with E-state index in [9.17, 15) is 9.90 Å². The van der Waals surface area contributed by atoms with Gasteiger partial charge in [-0.2, -0.15) is 0 Å². The number of fused-ring (bicyclic) bond motifs is 1. The zero-order chi connectivity index (χ0) is 14.1. The van der Waals surface area contributed by atoms with Crippen LogP contribution in [0.4, 0.5) is 11.4 Å². The van der Waals surface area contributed by atoms with Gasteiger partial charge in [0.2, 0.25) is 5.91 Å². The number of phenolic OH excluding ortho intramolecular Hbond substituents is 1. The molecule has 0 aromatic heterocycles. The Kier molecular flexibility index (Phi) is 3.36. The van der Waals surface area contributed by atoms with E-state index in [2.05, 4.69) is 26.6 Å². The van der Waals surface area contributed by atoms with E-state index < -0.39 is 0 Å². The second kappa shape index (κ2) is 5.17. The average molecular weight is 333 g/mol. The second-order valence-electron chi connectivity index (χ2n) is 4.71. The Balaban J connectivity index is 1.74. The van der Waals surface area contributed by atoms with Crippen molar-refractivity contribution in [1.82, 2.24) is 0 Å². The number of benzene rings is 2. The van der Waals surface area contributed by atoms with Gasteiger partial charge in [-0.1, -0.05) is 34.1 Å². The van der Waals surface area contributed by atoms with Crippen LogP contribution in [0.5, 0.6) is 5.75 Å². The fraction of sp³-hybridized carbons (Fsp3) is 0.133. The van der Waals surface area contributed by atoms with Gasteiger partial charge in [0, 0.05) is 16.6 Å². The molecule has 0 aliphatic carbocycles. The largest absolute Gasteiger partial charge is 0.506 e. The third-order valence-electron chi connectivity index (χ3n) is 3.30. The normalized spacial score (nSPS) is 16.4. The smallest absolute Gasteiger partial charge is 0.247 e. The Morgan fingerprint density at radius 3 is 2.90 bits per heavy atom. The number of aromatic hydroxyl groups is 1. The summed E-state index contributed by atoms with van der Waals surface area (Å²) in [6.07, 6.45) is 0.650. The van der Waals surface area contributed by atoms with Crippen molar-refractivity contribution in [2.24, 2.45) is 0 Å². The van der Waals surface area contributed by atoms with Gasteiger partial charge in [-0.25, -0.2) is 0 Å². The first-order valence-corrected chi connectivity index (χ1v) is 7.06. The minimum atomic E-state index is -0.314. The van der Waals surface area contributed by atoms with Crippen LogP contribution >= 0.6 is 15.9 Å². The molecule has 3 N–H and O–H groups in total. The van der Waals surface area contributed by atoms with Gasteiger partial charge in [0.05, 0.1) is 5.69 Å². The summed E-state index contributed by atoms with van der Waals surface area (Å²) in [6.45, 7) is 0. The summed E-state index contributed by atoms with van der Waals surface area (Å²) in [4.78, 5) is 12.2. The summed E-state index contributed by atoms with van der Waals surface area (Å²) in [5.41, 5.74) is 2.53. The molecule has 1 atom stereocenters. The molecule has 2 aromatic rings. The summed E-state index contributed by atoms with van der Waals surface area (Å²) in [6, 6.07) is 12.5. The number of carbonyl (C=O) groups excluding carboxylic acids is 1. The summed E-state index contributed by atoms with van der Waals surface area (Å²) in [5, 5.41) is 15.7. The number of hydrogen-bond acceptors (Lipinski definition) is 3. The highest BCUT2D eigenvalue weighted by atomic mass is 79.9. The highest BCUT2D eigenvalue weighted by Crippen LogP contribution is 2.29. The molecule has 5 heteroatoms. The number of halogens is 1. The van der Waals surface area contributed by atoms with Crippen molar-refractivity contribution in [2.45, 2.75) is 12.5 Å². The maximum atomic E-state index is 12.2. The highest BCUT2D eigenvalue weighted by Gasteiger charge is 2.26. The predicted octanol–water partition coefficient (Wildman–Crippen LogP) is 3.13. The lowest BCUT2D eigenvalue weighted by molar-refractivity contribution is -0.116. The molecule has 0 saturated heterocycles. The Labute approximate surface area is 125 Å². The highest BCUT2D eigenvalue weighted by molar-refractivity contribution is 9.10. The molecule has 0 bridgehead atoms. The average Bonchev–Trinajstić information content (AvgIpc) is 2.87. The number of phenols is 1. The molecule has 0 saturated carbocycles. The van der Waals surface area contributed by atoms with Crippen molar-refractivity contribution in [3.05, 3.63) is 52.5 Å². The van der Waals surface area contributed by atoms with Gasteiger partial charge in [0.15, 0.2) is 0 Å². The number of amides is 1. The van der Waals surface area contributed by atoms with Crippen LogP contribution in [0.15, 0.2) is 46.9 Å². The molecule has 3 rings (SSSR count). The van der Waals surface area contributed by atoms with Crippen molar-refractivity contribution < 1.29 is 9.90 Å². The van der Waals surface area contributed by atoms with Crippen LogP contribution in [0.25, 0.3) is 0 Å². The second-order valence-corrected chi connectivity index (χ2v) is 5.62. The lowest BCUT2D eigenvalue weighted by Crippen LogP contribution is -2.32. The number of para-hydroxylation sites is 1. The van der Waals surface area contributed by atoms with E-state index in [1.165, 1.54) is 6.07 Å². The van der Waals surface area contributed by atoms with Gasteiger partial charge in [0.25, 0.3) is 0 Å². The first-order chi connectivity index (χ1) is 9.63. The Bertz CT molecular complexity index is 648. The van der Waals surface area contributed by atoms with Gasteiger partial charge in [0.1, 0.15) is 11.8 Å². The predicted molar refractivity (Wildman–Crippen MR) is 82.0 cm³/mol. The molecular weight excluding hydrogens is 320 g/mol. The Morgan fingerprint density at radius 1 is 1.30 bits per heavy atom. The van der Waals surface area contributed by atoms with Crippen molar-refractivity contribution in [3.63, 3.8) is 0 Å². The molecule has 1 heterocycles. The van der Waals surface area contributed by atoms with Crippen LogP contribution in [0.1, 0.15) is 5.56 Å². The molecule has 1 aliphatic heterocycles. The molecule has 20 heavy (non-hydrogen) atoms. The van der Waals surface area contributed by atoms with E-state index in [0.717, 1.165) is 15.7 Å². The van der Waals surface area contributed by atoms with E-state index in [1.807, 2.05) is 24.3 Å². The van der Waals surface area contributed by atoms with Crippen LogP contribution < -0.4 is 10.6 Å². The van der Waals surface area contributed by atoms with E-state index >= 15 is 0 Å². The Hall–Kier alpha value is -2.01. The van der Waals surface area contributed by atoms with Crippen LogP contribution in [-0.2, 0) is 11.2 Å². The van der Waals surface area contributed by atoms with Crippen molar-refractivity contribution >= 4 is 33.2 Å². The first kappa shape index (κ1) is 13.0. The van der Waals surface area contributed by atoms with Crippen molar-refractivity contribution in [3.8, 4) is 5.75 Å². The molecule has 1 unspecified atom stereocenters. The third-order valence-corrected chi connectivity index (χ3v) is 3.80. The van der Waals surface area contributed by atoms with E-state index in [0.29, 0.717) is 12.1 Å². The van der Waals surface area contributed by atoms with Crippen molar-refractivity contribution in [1.29, 1.82) is 0 Å². The van der Waals surface area contributed by atoms with E-state index in [-0.39, 0.29) is 17.7 Å². The van der Waals surface area contributed by atoms with Gasteiger partial charge >= 0.3 is 0 Å². The standard InChI is InChI=1S/C15H13BrN2O2/c16-10-5-6-14(19)12(8-10)18-15(20)13-7-9-3-1-2-4-11(9)17-13/h1-6,8,13,17,19H,7H2,(H,18,20). The van der Waals surface area contributed by atoms with Gasteiger partial charge in [-0.05, 0) is 29.8 Å². The van der Waals surface area contributed by atoms with Crippen LogP contribution in [0.2, 0.25) is 0 Å². The zero-order valence-electron chi connectivity index (χ0n) is 10.6. The topological polar surface area (TPSA) is 61.4 Å². The quantitative estimate of drug-likeness (QED) is 0.740. The molecule has 4 nitrogen and oxygen atoms in total. The van der Waals surface area contributed by atoms with E-state index in [4.69, 9.17) is 0 Å². The number of anilines is 2. The van der Waals surface area contributed by atoms with Crippen LogP contribution in [0.3, 0.4) is 0 Å². The number of carbonyl (C=O) groups is 1. The van der Waals surface area contributed by atoms with E-state index in [1.54, 1.807) is 12.1 Å².